The number of aromatic amines is 1. The van der Waals surface area contributed by atoms with Crippen LogP contribution in [0.2, 0.25) is 0 Å². The number of aromatic nitrogens is 4. The Morgan fingerprint density at radius 2 is 2.40 bits per heavy atom. The molecule has 1 rings (SSSR count). The van der Waals surface area contributed by atoms with Gasteiger partial charge in [0, 0.05) is 6.42 Å². The SMILES string of the molecule is CCC(=O)Cl.c1nn[nH]n1. The summed E-state index contributed by atoms with van der Waals surface area (Å²) in [5, 5.41) is 11.9. The third kappa shape index (κ3) is 7.03. The molecule has 0 aromatic carbocycles. The molecule has 0 unspecified atom stereocenters. The highest BCUT2D eigenvalue weighted by atomic mass is 35.5. The van der Waals surface area contributed by atoms with Crippen LogP contribution in [0.5, 0.6) is 0 Å². The van der Waals surface area contributed by atoms with Gasteiger partial charge in [0.15, 0.2) is 6.33 Å². The van der Waals surface area contributed by atoms with E-state index in [-0.39, 0.29) is 5.24 Å². The summed E-state index contributed by atoms with van der Waals surface area (Å²) < 4.78 is 0. The third-order valence-corrected chi connectivity index (χ3v) is 0.815. The zero-order chi connectivity index (χ0) is 7.82. The van der Waals surface area contributed by atoms with Gasteiger partial charge in [-0.15, -0.1) is 10.2 Å². The van der Waals surface area contributed by atoms with Crippen LogP contribution in [-0.2, 0) is 4.79 Å². The zero-order valence-corrected chi connectivity index (χ0v) is 6.17. The molecule has 0 spiro atoms. The molecule has 1 aromatic rings. The van der Waals surface area contributed by atoms with Crippen molar-refractivity contribution in [3.63, 3.8) is 0 Å². The first kappa shape index (κ1) is 9.03. The monoisotopic (exact) mass is 162 g/mol. The maximum Gasteiger partial charge on any atom is 0.221 e. The normalized spacial score (nSPS) is 7.80. The first-order valence-electron chi connectivity index (χ1n) is 2.62. The van der Waals surface area contributed by atoms with E-state index >= 15 is 0 Å². The first-order chi connectivity index (χ1) is 4.77. The van der Waals surface area contributed by atoms with Crippen molar-refractivity contribution in [1.82, 2.24) is 20.6 Å². The fraction of sp³-hybridized carbons (Fsp3) is 0.500. The second kappa shape index (κ2) is 6.15. The van der Waals surface area contributed by atoms with E-state index in [0.717, 1.165) is 0 Å². The van der Waals surface area contributed by atoms with Crippen LogP contribution in [0, 0.1) is 0 Å². The van der Waals surface area contributed by atoms with Crippen LogP contribution in [0.1, 0.15) is 13.3 Å². The second-order valence-electron chi connectivity index (χ2n) is 1.27. The summed E-state index contributed by atoms with van der Waals surface area (Å²) in [6.45, 7) is 1.72. The third-order valence-electron chi connectivity index (χ3n) is 0.548. The van der Waals surface area contributed by atoms with E-state index in [0.29, 0.717) is 6.42 Å². The van der Waals surface area contributed by atoms with Crippen LogP contribution < -0.4 is 0 Å². The highest BCUT2D eigenvalue weighted by Crippen LogP contribution is 1.81. The van der Waals surface area contributed by atoms with Crippen molar-refractivity contribution >= 4 is 16.8 Å². The molecule has 0 aliphatic carbocycles. The van der Waals surface area contributed by atoms with Gasteiger partial charge in [-0.2, -0.15) is 5.21 Å². The Morgan fingerprint density at radius 1 is 1.80 bits per heavy atom. The summed E-state index contributed by atoms with van der Waals surface area (Å²) in [5.74, 6) is 0. The van der Waals surface area contributed by atoms with E-state index in [1.54, 1.807) is 6.92 Å². The fourth-order valence-electron chi connectivity index (χ4n) is 0.129. The van der Waals surface area contributed by atoms with Gasteiger partial charge in [0.05, 0.1) is 0 Å². The van der Waals surface area contributed by atoms with Gasteiger partial charge in [-0.25, -0.2) is 0 Å². The number of carbonyl (C=O) groups is 1. The quantitative estimate of drug-likeness (QED) is 0.606. The summed E-state index contributed by atoms with van der Waals surface area (Å²) in [6, 6.07) is 0. The molecule has 0 aliphatic rings. The predicted molar refractivity (Wildman–Crippen MR) is 35.3 cm³/mol. The highest BCUT2D eigenvalue weighted by molar-refractivity contribution is 6.63. The Kier molecular flexibility index (Phi) is 5.56. The average Bonchev–Trinajstić information content (AvgIpc) is 2.43. The van der Waals surface area contributed by atoms with Gasteiger partial charge in [-0.05, 0) is 11.6 Å². The lowest BCUT2D eigenvalue weighted by Crippen LogP contribution is -1.74. The predicted octanol–water partition coefficient (Wildman–Crippen LogP) is 0.361. The summed E-state index contributed by atoms with van der Waals surface area (Å²) in [7, 11) is 0. The first-order valence-corrected chi connectivity index (χ1v) is 3.00. The lowest BCUT2D eigenvalue weighted by atomic mass is 10.6. The molecular formula is C4H7ClN4O. The van der Waals surface area contributed by atoms with Crippen molar-refractivity contribution in [2.75, 3.05) is 0 Å². The Balaban J connectivity index is 0.000000162. The standard InChI is InChI=1S/C3H5ClO.CH2N4/c1-2-3(4)5;1-2-4-5-3-1/h2H2,1H3;1H,(H,2,3,4,5). The smallest absolute Gasteiger partial charge is 0.221 e. The molecule has 56 valence electrons. The van der Waals surface area contributed by atoms with Crippen molar-refractivity contribution in [2.45, 2.75) is 13.3 Å². The summed E-state index contributed by atoms with van der Waals surface area (Å²) in [4.78, 5) is 9.58. The molecule has 0 saturated heterocycles. The number of nitrogens with one attached hydrogen (secondary N) is 1. The van der Waals surface area contributed by atoms with Crippen molar-refractivity contribution in [1.29, 1.82) is 0 Å². The summed E-state index contributed by atoms with van der Waals surface area (Å²) in [6.07, 6.45) is 1.77. The van der Waals surface area contributed by atoms with Gasteiger partial charge in [0.25, 0.3) is 0 Å². The minimum Gasteiger partial charge on any atom is -0.281 e. The van der Waals surface area contributed by atoms with E-state index in [9.17, 15) is 4.79 Å². The average molecular weight is 163 g/mol. The Labute approximate surface area is 62.8 Å². The van der Waals surface area contributed by atoms with Gasteiger partial charge in [0.1, 0.15) is 0 Å². The number of rotatable bonds is 1. The number of hydrogen-bond donors (Lipinski definition) is 1. The van der Waals surface area contributed by atoms with Crippen LogP contribution in [-0.4, -0.2) is 25.9 Å². The van der Waals surface area contributed by atoms with E-state index < -0.39 is 0 Å². The zero-order valence-electron chi connectivity index (χ0n) is 5.41. The molecule has 10 heavy (non-hydrogen) atoms. The minimum atomic E-state index is -0.273. The molecule has 1 aromatic heterocycles. The highest BCUT2D eigenvalue weighted by Gasteiger charge is 1.81. The number of H-pyrrole nitrogens is 1. The van der Waals surface area contributed by atoms with Crippen LogP contribution in [0.3, 0.4) is 0 Å². The lowest BCUT2D eigenvalue weighted by molar-refractivity contribution is -0.111. The van der Waals surface area contributed by atoms with E-state index in [1.807, 2.05) is 0 Å². The molecule has 0 radical (unpaired) electrons. The molecule has 0 fully saturated rings. The Bertz CT molecular complexity index is 147. The number of carbonyl (C=O) groups excluding carboxylic acids is 1. The number of hydrogen-bond acceptors (Lipinski definition) is 4. The maximum absolute atomic E-state index is 9.58. The molecular weight excluding hydrogens is 156 g/mol. The summed E-state index contributed by atoms with van der Waals surface area (Å²) >= 11 is 4.82. The topological polar surface area (TPSA) is 71.5 Å². The van der Waals surface area contributed by atoms with Gasteiger partial charge in [-0.1, -0.05) is 12.1 Å². The molecule has 0 amide bonds. The van der Waals surface area contributed by atoms with Gasteiger partial charge < -0.3 is 0 Å². The molecule has 0 saturated carbocycles. The van der Waals surface area contributed by atoms with Crippen LogP contribution in [0.4, 0.5) is 0 Å². The number of tetrazole rings is 1. The van der Waals surface area contributed by atoms with Crippen molar-refractivity contribution in [3.05, 3.63) is 6.33 Å². The molecule has 1 N–H and O–H groups in total. The fourth-order valence-corrected chi connectivity index (χ4v) is 0.129. The van der Waals surface area contributed by atoms with Gasteiger partial charge >= 0.3 is 0 Å². The van der Waals surface area contributed by atoms with E-state index in [1.165, 1.54) is 6.33 Å². The van der Waals surface area contributed by atoms with Crippen LogP contribution in [0.15, 0.2) is 6.33 Å². The second-order valence-corrected chi connectivity index (χ2v) is 1.69. The van der Waals surface area contributed by atoms with Crippen LogP contribution >= 0.6 is 11.6 Å². The molecule has 0 bridgehead atoms. The minimum absolute atomic E-state index is 0.273. The van der Waals surface area contributed by atoms with Crippen LogP contribution in [0.25, 0.3) is 0 Å². The maximum atomic E-state index is 9.58. The Hall–Kier alpha value is -0.970. The number of halogens is 1. The largest absolute Gasteiger partial charge is 0.281 e. The molecule has 6 heteroatoms. The molecule has 0 atom stereocenters. The molecule has 5 nitrogen and oxygen atoms in total. The van der Waals surface area contributed by atoms with Crippen molar-refractivity contribution in [2.24, 2.45) is 0 Å². The van der Waals surface area contributed by atoms with E-state index in [4.69, 9.17) is 11.6 Å². The molecule has 1 heterocycles. The van der Waals surface area contributed by atoms with Crippen molar-refractivity contribution < 1.29 is 4.79 Å². The lowest BCUT2D eigenvalue weighted by Gasteiger charge is -1.68. The van der Waals surface area contributed by atoms with E-state index in [2.05, 4.69) is 20.6 Å². The Morgan fingerprint density at radius 3 is 2.50 bits per heavy atom. The van der Waals surface area contributed by atoms with Crippen molar-refractivity contribution in [3.8, 4) is 0 Å². The summed E-state index contributed by atoms with van der Waals surface area (Å²) in [5.41, 5.74) is 0. The van der Waals surface area contributed by atoms with Gasteiger partial charge in [-0.3, -0.25) is 4.79 Å². The van der Waals surface area contributed by atoms with Gasteiger partial charge in [0.2, 0.25) is 5.24 Å². The number of nitrogens with zero attached hydrogens (tertiary/aromatic N) is 3. The molecule has 0 aliphatic heterocycles.